The molecule has 0 aromatic heterocycles. The number of carbonyl (C=O) groups excluding carboxylic acids is 2. The number of carbonyl (C=O) groups is 2. The molecular formula is C12H18O6. The molecule has 0 radical (unpaired) electrons. The topological polar surface area (TPSA) is 93.1 Å². The molecule has 6 nitrogen and oxygen atoms in total. The molecule has 2 N–H and O–H groups in total. The van der Waals surface area contributed by atoms with E-state index in [2.05, 4.69) is 0 Å². The van der Waals surface area contributed by atoms with Crippen LogP contribution in [0.25, 0.3) is 0 Å². The third kappa shape index (κ3) is 5.60. The molecule has 0 rings (SSSR count). The normalized spacial score (nSPS) is 12.0. The zero-order valence-electron chi connectivity index (χ0n) is 10.5. The van der Waals surface area contributed by atoms with Gasteiger partial charge in [-0.25, -0.2) is 9.59 Å². The van der Waals surface area contributed by atoms with Crippen molar-refractivity contribution in [2.45, 2.75) is 19.4 Å². The van der Waals surface area contributed by atoms with Crippen molar-refractivity contribution in [3.8, 4) is 0 Å². The van der Waals surface area contributed by atoms with E-state index in [1.807, 2.05) is 0 Å². The summed E-state index contributed by atoms with van der Waals surface area (Å²) >= 11 is 0. The van der Waals surface area contributed by atoms with Crippen LogP contribution in [-0.2, 0) is 19.1 Å². The number of allylic oxidation sites excluding steroid dienone is 2. The van der Waals surface area contributed by atoms with Crippen LogP contribution in [0.3, 0.4) is 0 Å². The van der Waals surface area contributed by atoms with Gasteiger partial charge in [-0.15, -0.1) is 0 Å². The number of esters is 2. The van der Waals surface area contributed by atoms with E-state index in [1.54, 1.807) is 13.8 Å². The number of hydrogen-bond acceptors (Lipinski definition) is 6. The third-order valence-corrected chi connectivity index (χ3v) is 1.98. The van der Waals surface area contributed by atoms with E-state index in [9.17, 15) is 9.59 Å². The van der Waals surface area contributed by atoms with Crippen LogP contribution in [-0.4, -0.2) is 47.6 Å². The summed E-state index contributed by atoms with van der Waals surface area (Å²) in [4.78, 5) is 22.4. The first-order valence-electron chi connectivity index (χ1n) is 5.40. The number of ether oxygens (including phenoxy) is 2. The van der Waals surface area contributed by atoms with Crippen molar-refractivity contribution in [2.24, 2.45) is 0 Å². The Bertz CT molecular complexity index is 327. The highest BCUT2D eigenvalue weighted by atomic mass is 16.6. The standard InChI is InChI=1S/C12H18O6/c1-3-5-10(15)17-9-12(7-13,8-14)18-11(16)6-4-2/h3-6,13-14H,7-9H2,1-2H3/b5-3-,6-4-. The second-order valence-electron chi connectivity index (χ2n) is 3.53. The molecule has 0 aliphatic rings. The first-order chi connectivity index (χ1) is 8.53. The Kier molecular flexibility index (Phi) is 7.66. The molecule has 0 bridgehead atoms. The monoisotopic (exact) mass is 258 g/mol. The van der Waals surface area contributed by atoms with Crippen molar-refractivity contribution in [3.05, 3.63) is 24.3 Å². The van der Waals surface area contributed by atoms with Crippen molar-refractivity contribution < 1.29 is 29.3 Å². The highest BCUT2D eigenvalue weighted by molar-refractivity contribution is 5.83. The lowest BCUT2D eigenvalue weighted by Crippen LogP contribution is -2.47. The van der Waals surface area contributed by atoms with Crippen molar-refractivity contribution in [3.63, 3.8) is 0 Å². The Morgan fingerprint density at radius 1 is 1.06 bits per heavy atom. The fraction of sp³-hybridized carbons (Fsp3) is 0.500. The second kappa shape index (κ2) is 8.43. The summed E-state index contributed by atoms with van der Waals surface area (Å²) in [5.74, 6) is -1.38. The van der Waals surface area contributed by atoms with Crippen LogP contribution in [0.5, 0.6) is 0 Å². The van der Waals surface area contributed by atoms with E-state index in [1.165, 1.54) is 18.2 Å². The van der Waals surface area contributed by atoms with E-state index in [-0.39, 0.29) is 0 Å². The molecule has 6 heteroatoms. The molecule has 0 unspecified atom stereocenters. The number of aliphatic hydroxyl groups is 2. The van der Waals surface area contributed by atoms with Crippen molar-refractivity contribution in [2.75, 3.05) is 19.8 Å². The molecule has 0 heterocycles. The highest BCUT2D eigenvalue weighted by Gasteiger charge is 2.34. The molecule has 0 spiro atoms. The quantitative estimate of drug-likeness (QED) is 0.491. The fourth-order valence-corrected chi connectivity index (χ4v) is 1.01. The first-order valence-corrected chi connectivity index (χ1v) is 5.40. The van der Waals surface area contributed by atoms with Crippen LogP contribution in [0.15, 0.2) is 24.3 Å². The van der Waals surface area contributed by atoms with E-state index >= 15 is 0 Å². The highest BCUT2D eigenvalue weighted by Crippen LogP contribution is 2.12. The van der Waals surface area contributed by atoms with Gasteiger partial charge < -0.3 is 19.7 Å². The minimum absolute atomic E-state index is 0.424. The van der Waals surface area contributed by atoms with Crippen molar-refractivity contribution >= 4 is 11.9 Å². The van der Waals surface area contributed by atoms with Gasteiger partial charge in [-0.05, 0) is 13.8 Å². The maximum atomic E-state index is 11.3. The second-order valence-corrected chi connectivity index (χ2v) is 3.53. The Balaban J connectivity index is 4.60. The van der Waals surface area contributed by atoms with Gasteiger partial charge in [-0.3, -0.25) is 0 Å². The smallest absolute Gasteiger partial charge is 0.331 e. The molecule has 0 fully saturated rings. The number of aliphatic hydroxyl groups excluding tert-OH is 2. The zero-order chi connectivity index (χ0) is 14.0. The van der Waals surface area contributed by atoms with Gasteiger partial charge in [0.15, 0.2) is 5.60 Å². The summed E-state index contributed by atoms with van der Waals surface area (Å²) in [6, 6.07) is 0. The van der Waals surface area contributed by atoms with Crippen molar-refractivity contribution in [1.82, 2.24) is 0 Å². The fourth-order valence-electron chi connectivity index (χ4n) is 1.01. The Morgan fingerprint density at radius 2 is 1.56 bits per heavy atom. The average Bonchev–Trinajstić information content (AvgIpc) is 2.35. The Morgan fingerprint density at radius 3 is 2.00 bits per heavy atom. The summed E-state index contributed by atoms with van der Waals surface area (Å²) < 4.78 is 9.64. The maximum Gasteiger partial charge on any atom is 0.331 e. The van der Waals surface area contributed by atoms with Crippen LogP contribution in [0.4, 0.5) is 0 Å². The molecule has 0 aliphatic heterocycles. The van der Waals surface area contributed by atoms with Crippen LogP contribution in [0.2, 0.25) is 0 Å². The summed E-state index contributed by atoms with van der Waals surface area (Å²) in [6.07, 6.45) is 5.24. The van der Waals surface area contributed by atoms with Crippen LogP contribution < -0.4 is 0 Å². The first kappa shape index (κ1) is 16.3. The minimum atomic E-state index is -1.63. The molecule has 0 aromatic rings. The van der Waals surface area contributed by atoms with Gasteiger partial charge in [0.25, 0.3) is 0 Å². The van der Waals surface area contributed by atoms with Gasteiger partial charge >= 0.3 is 11.9 Å². The maximum absolute atomic E-state index is 11.3. The molecule has 0 aliphatic carbocycles. The molecule has 0 saturated heterocycles. The predicted molar refractivity (Wildman–Crippen MR) is 63.6 cm³/mol. The summed E-state index contributed by atoms with van der Waals surface area (Å²) in [5, 5.41) is 18.3. The SMILES string of the molecule is C/C=C\C(=O)OCC(CO)(CO)OC(=O)/C=C\C. The molecule has 0 aromatic carbocycles. The molecule has 102 valence electrons. The molecule has 0 amide bonds. The van der Waals surface area contributed by atoms with Crippen molar-refractivity contribution in [1.29, 1.82) is 0 Å². The third-order valence-electron chi connectivity index (χ3n) is 1.98. The molecule has 0 saturated carbocycles. The lowest BCUT2D eigenvalue weighted by atomic mass is 10.1. The van der Waals surface area contributed by atoms with E-state index in [0.29, 0.717) is 0 Å². The van der Waals surface area contributed by atoms with Crippen LogP contribution in [0.1, 0.15) is 13.8 Å². The molecular weight excluding hydrogens is 240 g/mol. The lowest BCUT2D eigenvalue weighted by molar-refractivity contribution is -0.178. The largest absolute Gasteiger partial charge is 0.458 e. The van der Waals surface area contributed by atoms with Gasteiger partial charge in [0, 0.05) is 12.2 Å². The summed E-state index contributed by atoms with van der Waals surface area (Å²) in [6.45, 7) is 1.52. The Hall–Kier alpha value is -1.66. The van der Waals surface area contributed by atoms with E-state index in [4.69, 9.17) is 19.7 Å². The number of rotatable bonds is 7. The van der Waals surface area contributed by atoms with Gasteiger partial charge in [0.05, 0.1) is 13.2 Å². The lowest BCUT2D eigenvalue weighted by Gasteiger charge is -2.28. The average molecular weight is 258 g/mol. The van der Waals surface area contributed by atoms with Gasteiger partial charge in [-0.2, -0.15) is 0 Å². The Labute approximate surface area is 106 Å². The van der Waals surface area contributed by atoms with Crippen LogP contribution >= 0.6 is 0 Å². The van der Waals surface area contributed by atoms with E-state index in [0.717, 1.165) is 6.08 Å². The van der Waals surface area contributed by atoms with Gasteiger partial charge in [0.1, 0.15) is 6.61 Å². The zero-order valence-corrected chi connectivity index (χ0v) is 10.5. The molecule has 18 heavy (non-hydrogen) atoms. The predicted octanol–water partition coefficient (Wildman–Crippen LogP) is -0.0516. The molecule has 0 atom stereocenters. The summed E-state index contributed by atoms with van der Waals surface area (Å²) in [5.41, 5.74) is -1.63. The number of hydrogen-bond donors (Lipinski definition) is 2. The van der Waals surface area contributed by atoms with Gasteiger partial charge in [0.2, 0.25) is 0 Å². The van der Waals surface area contributed by atoms with Gasteiger partial charge in [-0.1, -0.05) is 12.2 Å². The van der Waals surface area contributed by atoms with E-state index < -0.39 is 37.4 Å². The minimum Gasteiger partial charge on any atom is -0.458 e. The van der Waals surface area contributed by atoms with Crippen LogP contribution in [0, 0.1) is 0 Å². The summed E-state index contributed by atoms with van der Waals surface area (Å²) in [7, 11) is 0.